The smallest absolute Gasteiger partial charge is 0.0222 e. The van der Waals surface area contributed by atoms with Crippen molar-refractivity contribution in [2.45, 2.75) is 70.8 Å². The van der Waals surface area contributed by atoms with Crippen molar-refractivity contribution in [1.29, 1.82) is 0 Å². The SMILES string of the molecule is CCNC(CN(C)CC1CC2CCC1C2)C1CCCCC1. The van der Waals surface area contributed by atoms with Gasteiger partial charge < -0.3 is 10.2 Å². The number of hydrogen-bond donors (Lipinski definition) is 1. The van der Waals surface area contributed by atoms with E-state index in [0.717, 1.165) is 36.3 Å². The Morgan fingerprint density at radius 2 is 1.86 bits per heavy atom. The molecule has 2 heteroatoms. The molecule has 0 aromatic rings. The van der Waals surface area contributed by atoms with Gasteiger partial charge in [-0.2, -0.15) is 0 Å². The predicted octanol–water partition coefficient (Wildman–Crippen LogP) is 3.91. The fraction of sp³-hybridized carbons (Fsp3) is 1.00. The first-order chi connectivity index (χ1) is 10.3. The Bertz CT molecular complexity index is 311. The molecule has 3 aliphatic carbocycles. The zero-order valence-electron chi connectivity index (χ0n) is 14.3. The average Bonchev–Trinajstić information content (AvgIpc) is 3.10. The predicted molar refractivity (Wildman–Crippen MR) is 90.5 cm³/mol. The van der Waals surface area contributed by atoms with Crippen molar-refractivity contribution in [1.82, 2.24) is 10.2 Å². The highest BCUT2D eigenvalue weighted by Crippen LogP contribution is 2.48. The van der Waals surface area contributed by atoms with Crippen LogP contribution in [0.5, 0.6) is 0 Å². The summed E-state index contributed by atoms with van der Waals surface area (Å²) in [5.41, 5.74) is 0. The lowest BCUT2D eigenvalue weighted by Gasteiger charge is -2.35. The Morgan fingerprint density at radius 1 is 1.05 bits per heavy atom. The summed E-state index contributed by atoms with van der Waals surface area (Å²) in [7, 11) is 2.37. The highest BCUT2D eigenvalue weighted by molar-refractivity contribution is 4.91. The maximum atomic E-state index is 3.80. The van der Waals surface area contributed by atoms with Gasteiger partial charge in [0.15, 0.2) is 0 Å². The third-order valence-corrected chi connectivity index (χ3v) is 6.62. The van der Waals surface area contributed by atoms with Gasteiger partial charge in [0, 0.05) is 19.1 Å². The molecule has 0 aliphatic heterocycles. The topological polar surface area (TPSA) is 15.3 Å². The zero-order valence-corrected chi connectivity index (χ0v) is 14.3. The van der Waals surface area contributed by atoms with Gasteiger partial charge >= 0.3 is 0 Å². The molecule has 3 rings (SSSR count). The van der Waals surface area contributed by atoms with Crippen LogP contribution in [0.1, 0.15) is 64.7 Å². The maximum absolute atomic E-state index is 3.80. The molecule has 2 bridgehead atoms. The minimum Gasteiger partial charge on any atom is -0.313 e. The van der Waals surface area contributed by atoms with E-state index in [1.165, 1.54) is 64.5 Å². The van der Waals surface area contributed by atoms with Gasteiger partial charge in [0.05, 0.1) is 0 Å². The van der Waals surface area contributed by atoms with Crippen LogP contribution in [0.3, 0.4) is 0 Å². The monoisotopic (exact) mass is 292 g/mol. The summed E-state index contributed by atoms with van der Waals surface area (Å²) >= 11 is 0. The lowest BCUT2D eigenvalue weighted by molar-refractivity contribution is 0.170. The van der Waals surface area contributed by atoms with Crippen LogP contribution in [0.25, 0.3) is 0 Å². The summed E-state index contributed by atoms with van der Waals surface area (Å²) < 4.78 is 0. The summed E-state index contributed by atoms with van der Waals surface area (Å²) in [6, 6.07) is 0.735. The van der Waals surface area contributed by atoms with Gasteiger partial charge in [-0.1, -0.05) is 32.6 Å². The molecule has 3 saturated carbocycles. The molecule has 2 nitrogen and oxygen atoms in total. The van der Waals surface area contributed by atoms with Crippen LogP contribution in [-0.2, 0) is 0 Å². The van der Waals surface area contributed by atoms with E-state index in [1.54, 1.807) is 6.42 Å². The number of likely N-dealkylation sites (N-methyl/N-ethyl adjacent to an activating group) is 2. The van der Waals surface area contributed by atoms with E-state index in [-0.39, 0.29) is 0 Å². The maximum Gasteiger partial charge on any atom is 0.0222 e. The van der Waals surface area contributed by atoms with E-state index >= 15 is 0 Å². The van der Waals surface area contributed by atoms with E-state index in [4.69, 9.17) is 0 Å². The second-order valence-corrected chi connectivity index (χ2v) is 8.22. The second-order valence-electron chi connectivity index (χ2n) is 8.22. The van der Waals surface area contributed by atoms with Crippen molar-refractivity contribution in [2.75, 3.05) is 26.7 Å². The lowest BCUT2D eigenvalue weighted by atomic mass is 9.83. The molecule has 122 valence electrons. The molecule has 0 heterocycles. The van der Waals surface area contributed by atoms with E-state index in [0.29, 0.717) is 0 Å². The first kappa shape index (κ1) is 15.8. The van der Waals surface area contributed by atoms with Crippen LogP contribution < -0.4 is 5.32 Å². The molecule has 21 heavy (non-hydrogen) atoms. The van der Waals surface area contributed by atoms with Crippen LogP contribution >= 0.6 is 0 Å². The fourth-order valence-corrected chi connectivity index (χ4v) is 5.59. The number of rotatable bonds is 7. The summed E-state index contributed by atoms with van der Waals surface area (Å²) in [5.74, 6) is 4.12. The van der Waals surface area contributed by atoms with Crippen LogP contribution in [0.15, 0.2) is 0 Å². The molecule has 3 fully saturated rings. The Balaban J connectivity index is 1.47. The molecular formula is C19H36N2. The van der Waals surface area contributed by atoms with Gasteiger partial charge in [-0.3, -0.25) is 0 Å². The molecule has 4 unspecified atom stereocenters. The Labute approximate surface area is 132 Å². The number of hydrogen-bond acceptors (Lipinski definition) is 2. The Morgan fingerprint density at radius 3 is 2.48 bits per heavy atom. The van der Waals surface area contributed by atoms with Crippen LogP contribution in [0, 0.1) is 23.7 Å². The highest BCUT2D eigenvalue weighted by atomic mass is 15.1. The third-order valence-electron chi connectivity index (χ3n) is 6.62. The van der Waals surface area contributed by atoms with Crippen LogP contribution in [0.2, 0.25) is 0 Å². The van der Waals surface area contributed by atoms with Gasteiger partial charge in [-0.25, -0.2) is 0 Å². The molecule has 1 N–H and O–H groups in total. The summed E-state index contributed by atoms with van der Waals surface area (Å²) in [6.07, 6.45) is 13.5. The van der Waals surface area contributed by atoms with E-state index in [9.17, 15) is 0 Å². The number of nitrogens with zero attached hydrogens (tertiary/aromatic N) is 1. The molecule has 0 saturated heterocycles. The highest BCUT2D eigenvalue weighted by Gasteiger charge is 2.39. The minimum atomic E-state index is 0.735. The zero-order chi connectivity index (χ0) is 14.7. The van der Waals surface area contributed by atoms with Crippen LogP contribution in [0.4, 0.5) is 0 Å². The number of fused-ring (bicyclic) bond motifs is 2. The fourth-order valence-electron chi connectivity index (χ4n) is 5.59. The quantitative estimate of drug-likeness (QED) is 0.765. The van der Waals surface area contributed by atoms with Gasteiger partial charge in [0.25, 0.3) is 0 Å². The Kier molecular flexibility index (Phi) is 5.61. The minimum absolute atomic E-state index is 0.735. The van der Waals surface area contributed by atoms with Crippen molar-refractivity contribution in [3.63, 3.8) is 0 Å². The normalized spacial score (nSPS) is 34.7. The van der Waals surface area contributed by atoms with Crippen molar-refractivity contribution in [3.8, 4) is 0 Å². The second kappa shape index (κ2) is 7.46. The summed E-state index contributed by atoms with van der Waals surface area (Å²) in [6.45, 7) is 6.02. The molecule has 0 aromatic heterocycles. The van der Waals surface area contributed by atoms with Gasteiger partial charge in [-0.15, -0.1) is 0 Å². The molecule has 0 aromatic carbocycles. The van der Waals surface area contributed by atoms with Crippen molar-refractivity contribution >= 4 is 0 Å². The Hall–Kier alpha value is -0.0800. The van der Waals surface area contributed by atoms with E-state index in [2.05, 4.69) is 24.2 Å². The third kappa shape index (κ3) is 4.01. The van der Waals surface area contributed by atoms with Gasteiger partial charge in [-0.05, 0) is 69.4 Å². The average molecular weight is 293 g/mol. The lowest BCUT2D eigenvalue weighted by Crippen LogP contribution is -2.46. The molecule has 4 atom stereocenters. The van der Waals surface area contributed by atoms with E-state index in [1.807, 2.05) is 0 Å². The standard InChI is InChI=1S/C19H36N2/c1-3-20-19(16-7-5-4-6-8-16)14-21(2)13-18-12-15-9-10-17(18)11-15/h15-20H,3-14H2,1-2H3. The number of nitrogens with one attached hydrogen (secondary N) is 1. The van der Waals surface area contributed by atoms with Gasteiger partial charge in [0.2, 0.25) is 0 Å². The molecular weight excluding hydrogens is 256 g/mol. The summed E-state index contributed by atoms with van der Waals surface area (Å²) in [5, 5.41) is 3.80. The van der Waals surface area contributed by atoms with Crippen molar-refractivity contribution < 1.29 is 0 Å². The largest absolute Gasteiger partial charge is 0.313 e. The molecule has 3 aliphatic rings. The van der Waals surface area contributed by atoms with Crippen LogP contribution in [-0.4, -0.2) is 37.6 Å². The first-order valence-electron chi connectivity index (χ1n) is 9.68. The molecule has 0 amide bonds. The van der Waals surface area contributed by atoms with Gasteiger partial charge in [0.1, 0.15) is 0 Å². The van der Waals surface area contributed by atoms with Crippen molar-refractivity contribution in [2.24, 2.45) is 23.7 Å². The van der Waals surface area contributed by atoms with Crippen molar-refractivity contribution in [3.05, 3.63) is 0 Å². The summed E-state index contributed by atoms with van der Waals surface area (Å²) in [4.78, 5) is 2.66. The van der Waals surface area contributed by atoms with E-state index < -0.39 is 0 Å². The molecule has 0 spiro atoms. The first-order valence-corrected chi connectivity index (χ1v) is 9.68. The molecule has 0 radical (unpaired) electrons.